The summed E-state index contributed by atoms with van der Waals surface area (Å²) in [4.78, 5) is 22.2. The van der Waals surface area contributed by atoms with Crippen molar-refractivity contribution in [1.29, 1.82) is 0 Å². The molecular formula is C13H16O4. The van der Waals surface area contributed by atoms with Crippen LogP contribution in [-0.4, -0.2) is 18.5 Å². The van der Waals surface area contributed by atoms with Gasteiger partial charge in [0.15, 0.2) is 0 Å². The van der Waals surface area contributed by atoms with Gasteiger partial charge in [0.1, 0.15) is 5.75 Å². The minimum atomic E-state index is -0.365. The number of carbonyl (C=O) groups excluding carboxylic acids is 2. The van der Waals surface area contributed by atoms with E-state index in [1.807, 2.05) is 0 Å². The molecule has 0 aromatic heterocycles. The highest BCUT2D eigenvalue weighted by Crippen LogP contribution is 2.20. The van der Waals surface area contributed by atoms with Gasteiger partial charge in [0, 0.05) is 6.92 Å². The average Bonchev–Trinajstić information content (AvgIpc) is 2.28. The van der Waals surface area contributed by atoms with Crippen molar-refractivity contribution in [3.05, 3.63) is 29.8 Å². The molecule has 17 heavy (non-hydrogen) atoms. The molecule has 0 aliphatic heterocycles. The third kappa shape index (κ3) is 3.90. The molecule has 0 bridgehead atoms. The van der Waals surface area contributed by atoms with E-state index in [0.29, 0.717) is 12.4 Å². The largest absolute Gasteiger partial charge is 0.466 e. The first-order valence-electron chi connectivity index (χ1n) is 5.49. The Balaban J connectivity index is 2.73. The number of ether oxygens (including phenoxy) is 2. The van der Waals surface area contributed by atoms with Crippen LogP contribution >= 0.6 is 0 Å². The molecule has 0 fully saturated rings. The fourth-order valence-electron chi connectivity index (χ4n) is 1.39. The molecule has 1 rings (SSSR count). The van der Waals surface area contributed by atoms with Crippen molar-refractivity contribution in [2.45, 2.75) is 26.7 Å². The molecule has 0 spiro atoms. The third-order valence-corrected chi connectivity index (χ3v) is 2.28. The minimum Gasteiger partial charge on any atom is -0.466 e. The lowest BCUT2D eigenvalue weighted by Gasteiger charge is -2.11. The second-order valence-electron chi connectivity index (χ2n) is 3.64. The Kier molecular flexibility index (Phi) is 4.69. The number of benzene rings is 1. The molecule has 4 heteroatoms. The van der Waals surface area contributed by atoms with Crippen molar-refractivity contribution in [2.24, 2.45) is 0 Å². The van der Waals surface area contributed by atoms with Crippen LogP contribution in [0.4, 0.5) is 0 Å². The fraction of sp³-hybridized carbons (Fsp3) is 0.385. The summed E-state index contributed by atoms with van der Waals surface area (Å²) in [6, 6.07) is 6.82. The first-order chi connectivity index (χ1) is 8.04. The van der Waals surface area contributed by atoms with Crippen LogP contribution in [0.1, 0.15) is 32.3 Å². The second-order valence-corrected chi connectivity index (χ2v) is 3.64. The van der Waals surface area contributed by atoms with Crippen LogP contribution in [0.25, 0.3) is 0 Å². The zero-order chi connectivity index (χ0) is 12.8. The standard InChI is InChI=1S/C13H16O4/c1-4-16-13(15)9(2)11-5-7-12(8-6-11)17-10(3)14/h5-9H,4H2,1-3H3. The summed E-state index contributed by atoms with van der Waals surface area (Å²) in [7, 11) is 0. The Labute approximate surface area is 101 Å². The van der Waals surface area contributed by atoms with Crippen LogP contribution in [0.15, 0.2) is 24.3 Å². The van der Waals surface area contributed by atoms with Crippen LogP contribution in [-0.2, 0) is 14.3 Å². The van der Waals surface area contributed by atoms with E-state index in [4.69, 9.17) is 9.47 Å². The smallest absolute Gasteiger partial charge is 0.313 e. The van der Waals surface area contributed by atoms with E-state index >= 15 is 0 Å². The lowest BCUT2D eigenvalue weighted by molar-refractivity contribution is -0.144. The highest BCUT2D eigenvalue weighted by molar-refractivity contribution is 5.77. The first kappa shape index (κ1) is 13.2. The SMILES string of the molecule is CCOC(=O)C(C)c1ccc(OC(C)=O)cc1. The highest BCUT2D eigenvalue weighted by Gasteiger charge is 2.16. The fourth-order valence-corrected chi connectivity index (χ4v) is 1.39. The maximum absolute atomic E-state index is 11.5. The first-order valence-corrected chi connectivity index (χ1v) is 5.49. The van der Waals surface area contributed by atoms with Gasteiger partial charge in [-0.05, 0) is 31.5 Å². The molecule has 0 radical (unpaired) electrons. The maximum Gasteiger partial charge on any atom is 0.313 e. The van der Waals surface area contributed by atoms with Gasteiger partial charge in [0.2, 0.25) is 0 Å². The van der Waals surface area contributed by atoms with Crippen LogP contribution in [0, 0.1) is 0 Å². The van der Waals surface area contributed by atoms with Gasteiger partial charge in [-0.2, -0.15) is 0 Å². The van der Waals surface area contributed by atoms with Gasteiger partial charge in [-0.15, -0.1) is 0 Å². The molecule has 0 N–H and O–H groups in total. The van der Waals surface area contributed by atoms with Crippen molar-refractivity contribution in [3.63, 3.8) is 0 Å². The average molecular weight is 236 g/mol. The molecule has 0 saturated carbocycles. The van der Waals surface area contributed by atoms with E-state index in [-0.39, 0.29) is 17.9 Å². The van der Waals surface area contributed by atoms with Gasteiger partial charge in [0.25, 0.3) is 0 Å². The number of carbonyl (C=O) groups is 2. The van der Waals surface area contributed by atoms with E-state index in [0.717, 1.165) is 5.56 Å². The Morgan fingerprint density at radius 2 is 1.82 bits per heavy atom. The Hall–Kier alpha value is -1.84. The van der Waals surface area contributed by atoms with Crippen LogP contribution < -0.4 is 4.74 Å². The molecule has 1 atom stereocenters. The third-order valence-electron chi connectivity index (χ3n) is 2.28. The predicted octanol–water partition coefficient (Wildman–Crippen LogP) is 2.28. The zero-order valence-electron chi connectivity index (χ0n) is 10.2. The van der Waals surface area contributed by atoms with Gasteiger partial charge < -0.3 is 9.47 Å². The summed E-state index contributed by atoms with van der Waals surface area (Å²) in [5, 5.41) is 0. The molecule has 0 heterocycles. The summed E-state index contributed by atoms with van der Waals surface area (Å²) < 4.78 is 9.83. The summed E-state index contributed by atoms with van der Waals surface area (Å²) >= 11 is 0. The van der Waals surface area contributed by atoms with Crippen LogP contribution in [0.5, 0.6) is 5.75 Å². The minimum absolute atomic E-state index is 0.257. The summed E-state index contributed by atoms with van der Waals surface area (Å²) in [6.45, 7) is 5.26. The summed E-state index contributed by atoms with van der Waals surface area (Å²) in [6.07, 6.45) is 0. The summed E-state index contributed by atoms with van der Waals surface area (Å²) in [5.74, 6) is -0.470. The van der Waals surface area contributed by atoms with E-state index in [1.165, 1.54) is 6.92 Å². The number of hydrogen-bond acceptors (Lipinski definition) is 4. The Morgan fingerprint density at radius 1 is 1.24 bits per heavy atom. The molecule has 1 aromatic carbocycles. The van der Waals surface area contributed by atoms with Gasteiger partial charge in [-0.25, -0.2) is 0 Å². The molecule has 92 valence electrons. The van der Waals surface area contributed by atoms with Gasteiger partial charge in [-0.1, -0.05) is 12.1 Å². The van der Waals surface area contributed by atoms with Crippen LogP contribution in [0.3, 0.4) is 0 Å². The van der Waals surface area contributed by atoms with E-state index < -0.39 is 0 Å². The van der Waals surface area contributed by atoms with Crippen molar-refractivity contribution in [3.8, 4) is 5.75 Å². The Bertz CT molecular complexity index is 394. The molecule has 0 amide bonds. The van der Waals surface area contributed by atoms with Gasteiger partial charge in [0.05, 0.1) is 12.5 Å². The quantitative estimate of drug-likeness (QED) is 0.594. The van der Waals surface area contributed by atoms with Crippen LogP contribution in [0.2, 0.25) is 0 Å². The summed E-state index contributed by atoms with van der Waals surface area (Å²) in [5.41, 5.74) is 0.833. The molecule has 0 aliphatic carbocycles. The van der Waals surface area contributed by atoms with E-state index in [2.05, 4.69) is 0 Å². The number of rotatable bonds is 4. The van der Waals surface area contributed by atoms with Crippen molar-refractivity contribution in [1.82, 2.24) is 0 Å². The van der Waals surface area contributed by atoms with Crippen molar-refractivity contribution < 1.29 is 19.1 Å². The predicted molar refractivity (Wildman–Crippen MR) is 62.8 cm³/mol. The van der Waals surface area contributed by atoms with E-state index in [1.54, 1.807) is 38.1 Å². The monoisotopic (exact) mass is 236 g/mol. The topological polar surface area (TPSA) is 52.6 Å². The van der Waals surface area contributed by atoms with Gasteiger partial charge in [-0.3, -0.25) is 9.59 Å². The second kappa shape index (κ2) is 6.03. The van der Waals surface area contributed by atoms with Crippen molar-refractivity contribution in [2.75, 3.05) is 6.61 Å². The molecular weight excluding hydrogens is 220 g/mol. The maximum atomic E-state index is 11.5. The Morgan fingerprint density at radius 3 is 2.29 bits per heavy atom. The number of hydrogen-bond donors (Lipinski definition) is 0. The number of esters is 2. The normalized spacial score (nSPS) is 11.7. The lowest BCUT2D eigenvalue weighted by atomic mass is 10.0. The molecule has 4 nitrogen and oxygen atoms in total. The molecule has 1 aromatic rings. The lowest BCUT2D eigenvalue weighted by Crippen LogP contribution is -2.12. The molecule has 1 unspecified atom stereocenters. The molecule has 0 saturated heterocycles. The van der Waals surface area contributed by atoms with Crippen molar-refractivity contribution >= 4 is 11.9 Å². The molecule has 0 aliphatic rings. The highest BCUT2D eigenvalue weighted by atomic mass is 16.5. The van der Waals surface area contributed by atoms with E-state index in [9.17, 15) is 9.59 Å². The van der Waals surface area contributed by atoms with Gasteiger partial charge >= 0.3 is 11.9 Å². The zero-order valence-corrected chi connectivity index (χ0v) is 10.2.